The Hall–Kier alpha value is -2.70. The summed E-state index contributed by atoms with van der Waals surface area (Å²) in [5.74, 6) is -0.796. The molecule has 0 aliphatic carbocycles. The third-order valence-electron chi connectivity index (χ3n) is 3.69. The van der Waals surface area contributed by atoms with Crippen molar-refractivity contribution in [3.8, 4) is 11.5 Å². The number of phenols is 1. The fraction of sp³-hybridized carbons (Fsp3) is 0.200. The molecule has 2 aromatic carbocycles. The van der Waals surface area contributed by atoms with Crippen molar-refractivity contribution in [2.45, 2.75) is 6.42 Å². The largest absolute Gasteiger partial charge is 0.504 e. The molecule has 148 valence electrons. The summed E-state index contributed by atoms with van der Waals surface area (Å²) in [7, 11) is 1.43. The highest BCUT2D eigenvalue weighted by molar-refractivity contribution is 6.35. The van der Waals surface area contributed by atoms with Crippen molar-refractivity contribution in [1.82, 2.24) is 5.32 Å². The predicted molar refractivity (Wildman–Crippen MR) is 108 cm³/mol. The van der Waals surface area contributed by atoms with Gasteiger partial charge in [0.2, 0.25) is 0 Å². The van der Waals surface area contributed by atoms with Crippen LogP contribution in [0.1, 0.15) is 11.1 Å². The zero-order valence-corrected chi connectivity index (χ0v) is 16.6. The molecule has 2 rings (SSSR count). The van der Waals surface area contributed by atoms with Crippen LogP contribution in [0.15, 0.2) is 42.5 Å². The van der Waals surface area contributed by atoms with Crippen LogP contribution in [0, 0.1) is 0 Å². The van der Waals surface area contributed by atoms with Crippen LogP contribution in [0.3, 0.4) is 0 Å². The maximum absolute atomic E-state index is 11.8. The van der Waals surface area contributed by atoms with Crippen LogP contribution < -0.4 is 10.1 Å². The molecule has 0 spiro atoms. The van der Waals surface area contributed by atoms with E-state index in [9.17, 15) is 14.7 Å². The number of amides is 1. The van der Waals surface area contributed by atoms with Crippen LogP contribution in [0.25, 0.3) is 6.08 Å². The SMILES string of the molecule is COc1cc(/C=C/C(=O)OCC(=O)NCCc2ccc(Cl)cc2Cl)ccc1O. The first-order chi connectivity index (χ1) is 13.4. The number of halogens is 2. The predicted octanol–water partition coefficient (Wildman–Crippen LogP) is 3.62. The van der Waals surface area contributed by atoms with Gasteiger partial charge >= 0.3 is 5.97 Å². The minimum Gasteiger partial charge on any atom is -0.504 e. The fourth-order valence-electron chi connectivity index (χ4n) is 2.26. The number of benzene rings is 2. The summed E-state index contributed by atoms with van der Waals surface area (Å²) >= 11 is 11.9. The van der Waals surface area contributed by atoms with Crippen LogP contribution in [0.5, 0.6) is 11.5 Å². The first kappa shape index (κ1) is 21.6. The van der Waals surface area contributed by atoms with Gasteiger partial charge in [-0.3, -0.25) is 4.79 Å². The summed E-state index contributed by atoms with van der Waals surface area (Å²) in [4.78, 5) is 23.5. The minimum absolute atomic E-state index is 0.00112. The van der Waals surface area contributed by atoms with Crippen LogP contribution in [-0.2, 0) is 20.7 Å². The molecule has 0 heterocycles. The van der Waals surface area contributed by atoms with Gasteiger partial charge in [0.25, 0.3) is 5.91 Å². The van der Waals surface area contributed by atoms with Crippen LogP contribution >= 0.6 is 23.2 Å². The van der Waals surface area contributed by atoms with Gasteiger partial charge in [0.15, 0.2) is 18.1 Å². The molecule has 0 bridgehead atoms. The number of ether oxygens (including phenoxy) is 2. The second-order valence-electron chi connectivity index (χ2n) is 5.71. The molecule has 28 heavy (non-hydrogen) atoms. The van der Waals surface area contributed by atoms with E-state index in [4.69, 9.17) is 32.7 Å². The normalized spacial score (nSPS) is 10.7. The smallest absolute Gasteiger partial charge is 0.331 e. The standard InChI is InChI=1S/C20H19Cl2NO5/c1-27-18-10-13(2-6-17(18)24)3-7-20(26)28-12-19(25)23-9-8-14-4-5-15(21)11-16(14)22/h2-7,10-11,24H,8-9,12H2,1H3,(H,23,25)/b7-3+. The van der Waals surface area contributed by atoms with Crippen molar-refractivity contribution >= 4 is 41.2 Å². The van der Waals surface area contributed by atoms with Gasteiger partial charge in [-0.2, -0.15) is 0 Å². The van der Waals surface area contributed by atoms with Gasteiger partial charge in [-0.1, -0.05) is 35.3 Å². The highest BCUT2D eigenvalue weighted by atomic mass is 35.5. The molecule has 0 saturated carbocycles. The zero-order chi connectivity index (χ0) is 20.5. The van der Waals surface area contributed by atoms with Crippen molar-refractivity contribution < 1.29 is 24.2 Å². The fourth-order valence-corrected chi connectivity index (χ4v) is 2.76. The first-order valence-electron chi connectivity index (χ1n) is 8.31. The van der Waals surface area contributed by atoms with E-state index in [1.54, 1.807) is 30.3 Å². The Balaban J connectivity index is 1.73. The van der Waals surface area contributed by atoms with Gasteiger partial charge in [-0.05, 0) is 47.9 Å². The summed E-state index contributed by atoms with van der Waals surface area (Å²) in [5, 5.41) is 13.3. The molecule has 0 unspecified atom stereocenters. The van der Waals surface area contributed by atoms with Crippen molar-refractivity contribution in [3.63, 3.8) is 0 Å². The number of aromatic hydroxyl groups is 1. The zero-order valence-electron chi connectivity index (χ0n) is 15.1. The average Bonchev–Trinajstić information content (AvgIpc) is 2.67. The molecule has 0 fully saturated rings. The number of hydrogen-bond donors (Lipinski definition) is 2. The molecule has 0 saturated heterocycles. The lowest BCUT2D eigenvalue weighted by atomic mass is 10.1. The lowest BCUT2D eigenvalue weighted by Crippen LogP contribution is -2.30. The molecule has 0 atom stereocenters. The number of phenolic OH excluding ortho intramolecular Hbond substituents is 1. The quantitative estimate of drug-likeness (QED) is 0.500. The van der Waals surface area contributed by atoms with E-state index in [2.05, 4.69) is 5.32 Å². The van der Waals surface area contributed by atoms with Gasteiger partial charge in [0, 0.05) is 22.7 Å². The number of nitrogens with one attached hydrogen (secondary N) is 1. The third kappa shape index (κ3) is 6.79. The molecule has 1 amide bonds. The van der Waals surface area contributed by atoms with Gasteiger partial charge in [0.05, 0.1) is 7.11 Å². The van der Waals surface area contributed by atoms with Gasteiger partial charge in [0.1, 0.15) is 0 Å². The Morgan fingerprint density at radius 2 is 1.96 bits per heavy atom. The highest BCUT2D eigenvalue weighted by Crippen LogP contribution is 2.26. The first-order valence-corrected chi connectivity index (χ1v) is 9.07. The van der Waals surface area contributed by atoms with E-state index in [1.165, 1.54) is 25.3 Å². The molecule has 0 radical (unpaired) electrons. The summed E-state index contributed by atoms with van der Waals surface area (Å²) in [6, 6.07) is 9.77. The van der Waals surface area contributed by atoms with E-state index in [1.807, 2.05) is 0 Å². The summed E-state index contributed by atoms with van der Waals surface area (Å²) < 4.78 is 9.87. The van der Waals surface area contributed by atoms with Crippen molar-refractivity contribution in [2.75, 3.05) is 20.3 Å². The highest BCUT2D eigenvalue weighted by Gasteiger charge is 2.07. The Labute approximate surface area is 172 Å². The monoisotopic (exact) mass is 423 g/mol. The number of carbonyl (C=O) groups is 2. The Kier molecular flexibility index (Phi) is 8.17. The molecule has 0 aliphatic rings. The summed E-state index contributed by atoms with van der Waals surface area (Å²) in [6.07, 6.45) is 3.20. The van der Waals surface area contributed by atoms with Gasteiger partial charge in [-0.25, -0.2) is 4.79 Å². The number of carbonyl (C=O) groups excluding carboxylic acids is 2. The second kappa shape index (κ2) is 10.6. The van der Waals surface area contributed by atoms with Crippen molar-refractivity contribution in [1.29, 1.82) is 0 Å². The molecule has 6 nitrogen and oxygen atoms in total. The van der Waals surface area contributed by atoms with E-state index in [-0.39, 0.29) is 11.5 Å². The van der Waals surface area contributed by atoms with E-state index in [0.29, 0.717) is 28.6 Å². The van der Waals surface area contributed by atoms with Crippen LogP contribution in [0.4, 0.5) is 0 Å². The van der Waals surface area contributed by atoms with Gasteiger partial charge < -0.3 is 19.9 Å². The lowest BCUT2D eigenvalue weighted by molar-refractivity contribution is -0.143. The Morgan fingerprint density at radius 3 is 2.68 bits per heavy atom. The molecule has 0 aliphatic heterocycles. The summed E-state index contributed by atoms with van der Waals surface area (Å²) in [6.45, 7) is -0.0443. The van der Waals surface area contributed by atoms with Crippen molar-refractivity contribution in [2.24, 2.45) is 0 Å². The Morgan fingerprint density at radius 1 is 1.18 bits per heavy atom. The molecule has 2 aromatic rings. The second-order valence-corrected chi connectivity index (χ2v) is 6.55. The third-order valence-corrected chi connectivity index (χ3v) is 4.28. The number of esters is 1. The average molecular weight is 424 g/mol. The van der Waals surface area contributed by atoms with E-state index < -0.39 is 18.5 Å². The minimum atomic E-state index is -0.664. The number of methoxy groups -OCH3 is 1. The number of rotatable bonds is 8. The molecular formula is C20H19Cl2NO5. The maximum atomic E-state index is 11.8. The lowest BCUT2D eigenvalue weighted by Gasteiger charge is -2.07. The molecular weight excluding hydrogens is 405 g/mol. The summed E-state index contributed by atoms with van der Waals surface area (Å²) in [5.41, 5.74) is 1.49. The van der Waals surface area contributed by atoms with Crippen LogP contribution in [0.2, 0.25) is 10.0 Å². The maximum Gasteiger partial charge on any atom is 0.331 e. The number of hydrogen-bond acceptors (Lipinski definition) is 5. The van der Waals surface area contributed by atoms with Crippen LogP contribution in [-0.4, -0.2) is 37.2 Å². The molecule has 2 N–H and O–H groups in total. The van der Waals surface area contributed by atoms with Crippen molar-refractivity contribution in [3.05, 3.63) is 63.6 Å². The molecule has 8 heteroatoms. The van der Waals surface area contributed by atoms with E-state index >= 15 is 0 Å². The molecule has 0 aromatic heterocycles. The van der Waals surface area contributed by atoms with E-state index in [0.717, 1.165) is 5.56 Å². The Bertz CT molecular complexity index is 883. The topological polar surface area (TPSA) is 84.9 Å². The van der Waals surface area contributed by atoms with Gasteiger partial charge in [-0.15, -0.1) is 0 Å².